The number of amides is 1. The van der Waals surface area contributed by atoms with Crippen molar-refractivity contribution in [1.29, 1.82) is 0 Å². The zero-order valence-corrected chi connectivity index (χ0v) is 16.0. The lowest BCUT2D eigenvalue weighted by molar-refractivity contribution is -0.134. The van der Waals surface area contributed by atoms with E-state index in [9.17, 15) is 4.79 Å². The average molecular weight is 373 g/mol. The fraction of sp³-hybridized carbons (Fsp3) is 0.611. The van der Waals surface area contributed by atoms with Gasteiger partial charge in [-0.25, -0.2) is 0 Å². The van der Waals surface area contributed by atoms with E-state index in [0.29, 0.717) is 25.5 Å². The third-order valence-electron chi connectivity index (χ3n) is 4.02. The summed E-state index contributed by atoms with van der Waals surface area (Å²) in [6.45, 7) is 6.64. The van der Waals surface area contributed by atoms with Crippen LogP contribution in [0.15, 0.2) is 18.2 Å². The SMILES string of the molecule is CCCCOc1ccc(C(C)NC(=O)C2CNCCO2)cc1OC.Cl. The van der Waals surface area contributed by atoms with Crippen molar-refractivity contribution in [1.82, 2.24) is 10.6 Å². The molecule has 2 rings (SSSR count). The predicted molar refractivity (Wildman–Crippen MR) is 99.8 cm³/mol. The Hall–Kier alpha value is -1.50. The molecule has 2 N–H and O–H groups in total. The summed E-state index contributed by atoms with van der Waals surface area (Å²) in [6.07, 6.45) is 1.66. The molecule has 1 heterocycles. The van der Waals surface area contributed by atoms with Crippen LogP contribution in [0.2, 0.25) is 0 Å². The van der Waals surface area contributed by atoms with E-state index in [1.165, 1.54) is 0 Å². The molecule has 1 aliphatic heterocycles. The molecular formula is C18H29ClN2O4. The Morgan fingerprint density at radius 1 is 1.44 bits per heavy atom. The third-order valence-corrected chi connectivity index (χ3v) is 4.02. The molecular weight excluding hydrogens is 344 g/mol. The molecule has 0 aliphatic carbocycles. The van der Waals surface area contributed by atoms with E-state index in [2.05, 4.69) is 17.6 Å². The van der Waals surface area contributed by atoms with Gasteiger partial charge in [0.15, 0.2) is 11.5 Å². The summed E-state index contributed by atoms with van der Waals surface area (Å²) in [4.78, 5) is 12.2. The molecule has 1 saturated heterocycles. The number of benzene rings is 1. The highest BCUT2D eigenvalue weighted by Gasteiger charge is 2.23. The summed E-state index contributed by atoms with van der Waals surface area (Å²) in [6, 6.07) is 5.62. The molecule has 142 valence electrons. The minimum absolute atomic E-state index is 0. The molecule has 0 aromatic heterocycles. The van der Waals surface area contributed by atoms with Crippen molar-refractivity contribution >= 4 is 18.3 Å². The molecule has 1 amide bonds. The minimum Gasteiger partial charge on any atom is -0.493 e. The number of carbonyl (C=O) groups excluding carboxylic acids is 1. The number of rotatable bonds is 8. The van der Waals surface area contributed by atoms with Crippen molar-refractivity contribution in [2.45, 2.75) is 38.8 Å². The average Bonchev–Trinajstić information content (AvgIpc) is 2.62. The quantitative estimate of drug-likeness (QED) is 0.686. The second-order valence-electron chi connectivity index (χ2n) is 5.91. The molecule has 2 atom stereocenters. The zero-order chi connectivity index (χ0) is 17.4. The topological polar surface area (TPSA) is 68.8 Å². The van der Waals surface area contributed by atoms with Gasteiger partial charge in [0, 0.05) is 13.1 Å². The molecule has 25 heavy (non-hydrogen) atoms. The molecule has 6 nitrogen and oxygen atoms in total. The number of methoxy groups -OCH3 is 1. The molecule has 1 aliphatic rings. The lowest BCUT2D eigenvalue weighted by atomic mass is 10.1. The fourth-order valence-corrected chi connectivity index (χ4v) is 2.52. The second kappa shape index (κ2) is 11.2. The first-order chi connectivity index (χ1) is 11.7. The van der Waals surface area contributed by atoms with Gasteiger partial charge in [-0.1, -0.05) is 19.4 Å². The Labute approximate surface area is 156 Å². The number of halogens is 1. The summed E-state index contributed by atoms with van der Waals surface area (Å²) in [5, 5.41) is 6.15. The monoisotopic (exact) mass is 372 g/mol. The van der Waals surface area contributed by atoms with Gasteiger partial charge < -0.3 is 24.8 Å². The van der Waals surface area contributed by atoms with Crippen molar-refractivity contribution in [2.24, 2.45) is 0 Å². The van der Waals surface area contributed by atoms with E-state index in [1.54, 1.807) is 7.11 Å². The molecule has 1 aromatic carbocycles. The van der Waals surface area contributed by atoms with Gasteiger partial charge in [-0.05, 0) is 31.0 Å². The lowest BCUT2D eigenvalue weighted by Gasteiger charge is -2.25. The number of morpholine rings is 1. The van der Waals surface area contributed by atoms with Crippen LogP contribution in [0.5, 0.6) is 11.5 Å². The van der Waals surface area contributed by atoms with E-state index in [-0.39, 0.29) is 24.4 Å². The highest BCUT2D eigenvalue weighted by molar-refractivity contribution is 5.85. The van der Waals surface area contributed by atoms with Crippen molar-refractivity contribution in [2.75, 3.05) is 33.4 Å². The van der Waals surface area contributed by atoms with Crippen LogP contribution in [0.4, 0.5) is 0 Å². The molecule has 0 spiro atoms. The van der Waals surface area contributed by atoms with Crippen molar-refractivity contribution < 1.29 is 19.0 Å². The summed E-state index contributed by atoms with van der Waals surface area (Å²) in [5.74, 6) is 1.31. The summed E-state index contributed by atoms with van der Waals surface area (Å²) in [7, 11) is 1.62. The predicted octanol–water partition coefficient (Wildman–Crippen LogP) is 2.46. The Kier molecular flexibility index (Phi) is 9.63. The normalized spacial score (nSPS) is 18.0. The van der Waals surface area contributed by atoms with Gasteiger partial charge in [0.25, 0.3) is 5.91 Å². The Morgan fingerprint density at radius 2 is 2.24 bits per heavy atom. The number of carbonyl (C=O) groups is 1. The van der Waals surface area contributed by atoms with Crippen molar-refractivity contribution in [3.63, 3.8) is 0 Å². The number of hydrogen-bond acceptors (Lipinski definition) is 5. The smallest absolute Gasteiger partial charge is 0.250 e. The Bertz CT molecular complexity index is 536. The van der Waals surface area contributed by atoms with E-state index in [4.69, 9.17) is 14.2 Å². The zero-order valence-electron chi connectivity index (χ0n) is 15.2. The van der Waals surface area contributed by atoms with Crippen LogP contribution in [0, 0.1) is 0 Å². The highest BCUT2D eigenvalue weighted by Crippen LogP contribution is 2.30. The van der Waals surface area contributed by atoms with Gasteiger partial charge in [-0.15, -0.1) is 12.4 Å². The van der Waals surface area contributed by atoms with E-state index < -0.39 is 6.10 Å². The number of nitrogens with one attached hydrogen (secondary N) is 2. The summed E-state index contributed by atoms with van der Waals surface area (Å²) in [5.41, 5.74) is 0.965. The van der Waals surface area contributed by atoms with Gasteiger partial charge in [-0.2, -0.15) is 0 Å². The van der Waals surface area contributed by atoms with Gasteiger partial charge in [0.1, 0.15) is 6.10 Å². The van der Waals surface area contributed by atoms with E-state index in [1.807, 2.05) is 25.1 Å². The molecule has 1 fully saturated rings. The molecule has 0 bridgehead atoms. The van der Waals surface area contributed by atoms with Crippen LogP contribution in [0.1, 0.15) is 38.3 Å². The maximum atomic E-state index is 12.2. The third kappa shape index (κ3) is 6.38. The molecule has 2 unspecified atom stereocenters. The van der Waals surface area contributed by atoms with Crippen LogP contribution < -0.4 is 20.1 Å². The largest absolute Gasteiger partial charge is 0.493 e. The Balaban J connectivity index is 0.00000312. The van der Waals surface area contributed by atoms with Crippen LogP contribution in [-0.2, 0) is 9.53 Å². The number of ether oxygens (including phenoxy) is 3. The van der Waals surface area contributed by atoms with Crippen molar-refractivity contribution in [3.8, 4) is 11.5 Å². The lowest BCUT2D eigenvalue weighted by Crippen LogP contribution is -2.48. The van der Waals surface area contributed by atoms with Crippen LogP contribution in [0.3, 0.4) is 0 Å². The maximum absolute atomic E-state index is 12.2. The second-order valence-corrected chi connectivity index (χ2v) is 5.91. The molecule has 7 heteroatoms. The fourth-order valence-electron chi connectivity index (χ4n) is 2.52. The minimum atomic E-state index is -0.431. The Morgan fingerprint density at radius 3 is 2.88 bits per heavy atom. The molecule has 0 radical (unpaired) electrons. The van der Waals surface area contributed by atoms with Gasteiger partial charge in [0.2, 0.25) is 0 Å². The first kappa shape index (κ1) is 21.5. The first-order valence-corrected chi connectivity index (χ1v) is 8.59. The number of hydrogen-bond donors (Lipinski definition) is 2. The van der Waals surface area contributed by atoms with Crippen LogP contribution >= 0.6 is 12.4 Å². The van der Waals surface area contributed by atoms with E-state index in [0.717, 1.165) is 30.7 Å². The van der Waals surface area contributed by atoms with Crippen LogP contribution in [0.25, 0.3) is 0 Å². The van der Waals surface area contributed by atoms with E-state index >= 15 is 0 Å². The summed E-state index contributed by atoms with van der Waals surface area (Å²) >= 11 is 0. The van der Waals surface area contributed by atoms with Gasteiger partial charge >= 0.3 is 0 Å². The van der Waals surface area contributed by atoms with Gasteiger partial charge in [-0.3, -0.25) is 4.79 Å². The van der Waals surface area contributed by atoms with Gasteiger partial charge in [0.05, 0.1) is 26.4 Å². The first-order valence-electron chi connectivity index (χ1n) is 8.59. The maximum Gasteiger partial charge on any atom is 0.250 e. The standard InChI is InChI=1S/C18H28N2O4.ClH/c1-4-5-9-23-15-7-6-14(11-16(15)22-3)13(2)20-18(21)17-12-19-8-10-24-17;/h6-7,11,13,17,19H,4-5,8-10,12H2,1-3H3,(H,20,21);1H. The number of unbranched alkanes of at least 4 members (excludes halogenated alkanes) is 1. The highest BCUT2D eigenvalue weighted by atomic mass is 35.5. The van der Waals surface area contributed by atoms with Crippen molar-refractivity contribution in [3.05, 3.63) is 23.8 Å². The summed E-state index contributed by atoms with van der Waals surface area (Å²) < 4.78 is 16.6. The molecule has 1 aromatic rings. The van der Waals surface area contributed by atoms with Crippen LogP contribution in [-0.4, -0.2) is 45.4 Å². The molecule has 0 saturated carbocycles.